The van der Waals surface area contributed by atoms with Gasteiger partial charge >= 0.3 is 17.9 Å². The molecular weight excluding hydrogens is 805 g/mol. The van der Waals surface area contributed by atoms with Crippen LogP contribution in [0.4, 0.5) is 0 Å². The van der Waals surface area contributed by atoms with E-state index in [4.69, 9.17) is 14.2 Å². The van der Waals surface area contributed by atoms with Gasteiger partial charge in [0, 0.05) is 19.3 Å². The highest BCUT2D eigenvalue weighted by atomic mass is 16.6. The van der Waals surface area contributed by atoms with Gasteiger partial charge in [0.15, 0.2) is 6.10 Å². The van der Waals surface area contributed by atoms with Gasteiger partial charge in [0.25, 0.3) is 0 Å². The van der Waals surface area contributed by atoms with Gasteiger partial charge < -0.3 is 14.2 Å². The predicted octanol–water partition coefficient (Wildman–Crippen LogP) is 18.2. The second kappa shape index (κ2) is 53.5. The van der Waals surface area contributed by atoms with E-state index in [-0.39, 0.29) is 31.1 Å². The summed E-state index contributed by atoms with van der Waals surface area (Å²) in [5.74, 6) is -0.896. The largest absolute Gasteiger partial charge is 0.462 e. The average Bonchev–Trinajstić information content (AvgIpc) is 3.30. The van der Waals surface area contributed by atoms with Crippen molar-refractivity contribution in [3.8, 4) is 0 Å². The molecule has 0 spiro atoms. The molecule has 0 fully saturated rings. The molecule has 0 saturated carbocycles. The van der Waals surface area contributed by atoms with Crippen LogP contribution < -0.4 is 0 Å². The fourth-order valence-electron chi connectivity index (χ4n) is 7.58. The fraction of sp³-hybridized carbons (Fsp3) is 0.746. The summed E-state index contributed by atoms with van der Waals surface area (Å²) in [6.45, 7) is 6.45. The Morgan fingerprint density at radius 1 is 0.323 bits per heavy atom. The Hall–Kier alpha value is -3.15. The molecule has 0 saturated heterocycles. The minimum absolute atomic E-state index is 0.0783. The van der Waals surface area contributed by atoms with E-state index in [1.165, 1.54) is 122 Å². The maximum Gasteiger partial charge on any atom is 0.306 e. The molecule has 374 valence electrons. The van der Waals surface area contributed by atoms with E-state index in [2.05, 4.69) is 93.7 Å². The SMILES string of the molecule is CC/C=C\C/C=C\C/C=C\C/C=C\C/C=C\CCCCCCCCCCCCCC(=O)OCC(COC(=O)CCCCCCCC)OC(=O)CCCCCCC/C=C\CCCCCCC. The molecule has 0 aliphatic rings. The van der Waals surface area contributed by atoms with Gasteiger partial charge in [-0.25, -0.2) is 0 Å². The minimum atomic E-state index is -0.776. The Labute approximate surface area is 402 Å². The van der Waals surface area contributed by atoms with Gasteiger partial charge in [-0.2, -0.15) is 0 Å². The first kappa shape index (κ1) is 61.9. The van der Waals surface area contributed by atoms with Crippen molar-refractivity contribution in [3.63, 3.8) is 0 Å². The van der Waals surface area contributed by atoms with Crippen molar-refractivity contribution in [2.45, 2.75) is 271 Å². The van der Waals surface area contributed by atoms with E-state index in [0.29, 0.717) is 19.3 Å². The van der Waals surface area contributed by atoms with Crippen LogP contribution in [0.25, 0.3) is 0 Å². The van der Waals surface area contributed by atoms with Crippen LogP contribution in [0.2, 0.25) is 0 Å². The molecule has 1 unspecified atom stereocenters. The fourth-order valence-corrected chi connectivity index (χ4v) is 7.58. The molecule has 0 aliphatic heterocycles. The number of ether oxygens (including phenoxy) is 3. The van der Waals surface area contributed by atoms with E-state index < -0.39 is 6.10 Å². The van der Waals surface area contributed by atoms with E-state index in [1.54, 1.807) is 0 Å². The molecule has 0 rings (SSSR count). The Morgan fingerprint density at radius 2 is 0.600 bits per heavy atom. The van der Waals surface area contributed by atoms with Gasteiger partial charge in [-0.1, -0.05) is 229 Å². The number of esters is 3. The average molecular weight is 907 g/mol. The molecule has 0 aliphatic carbocycles. The Bertz CT molecular complexity index is 1230. The van der Waals surface area contributed by atoms with Gasteiger partial charge in [0.05, 0.1) is 0 Å². The number of rotatable bonds is 49. The lowest BCUT2D eigenvalue weighted by Gasteiger charge is -2.18. The van der Waals surface area contributed by atoms with E-state index in [0.717, 1.165) is 103 Å². The molecule has 0 aromatic heterocycles. The van der Waals surface area contributed by atoms with Crippen molar-refractivity contribution in [2.75, 3.05) is 13.2 Å². The van der Waals surface area contributed by atoms with Crippen LogP contribution in [0.5, 0.6) is 0 Å². The predicted molar refractivity (Wildman–Crippen MR) is 279 cm³/mol. The van der Waals surface area contributed by atoms with Crippen molar-refractivity contribution >= 4 is 17.9 Å². The molecule has 0 radical (unpaired) electrons. The van der Waals surface area contributed by atoms with Crippen molar-refractivity contribution in [3.05, 3.63) is 72.9 Å². The second-order valence-electron chi connectivity index (χ2n) is 18.1. The first-order valence-electron chi connectivity index (χ1n) is 27.4. The molecule has 6 nitrogen and oxygen atoms in total. The van der Waals surface area contributed by atoms with Gasteiger partial charge in [-0.3, -0.25) is 14.4 Å². The summed E-state index contributed by atoms with van der Waals surface area (Å²) in [4.78, 5) is 37.8. The maximum absolute atomic E-state index is 12.7. The maximum atomic E-state index is 12.7. The lowest BCUT2D eigenvalue weighted by atomic mass is 10.0. The minimum Gasteiger partial charge on any atom is -0.462 e. The van der Waals surface area contributed by atoms with Crippen LogP contribution in [-0.4, -0.2) is 37.2 Å². The zero-order valence-corrected chi connectivity index (χ0v) is 42.7. The van der Waals surface area contributed by atoms with Crippen LogP contribution in [0.15, 0.2) is 72.9 Å². The molecule has 0 heterocycles. The molecule has 0 aromatic rings. The molecule has 0 amide bonds. The number of hydrogen-bond donors (Lipinski definition) is 0. The summed E-state index contributed by atoms with van der Waals surface area (Å²) >= 11 is 0. The standard InChI is InChI=1S/C59H102O6/c1-4-7-10-13-16-18-20-22-24-25-26-27-28-29-30-31-32-33-34-35-36-38-39-41-43-46-49-52-58(61)64-55-56(54-63-57(60)51-48-45-15-12-9-6-3)65-59(62)53-50-47-44-42-40-37-23-21-19-17-14-11-8-5-2/h7,10,16,18,21-24,26-27,29-30,56H,4-6,8-9,11-15,17,19-20,25,28,31-55H2,1-3H3/b10-7-,18-16-,23-21-,24-22-,27-26-,30-29-. The van der Waals surface area contributed by atoms with Gasteiger partial charge in [0.2, 0.25) is 0 Å². The zero-order chi connectivity index (χ0) is 47.2. The normalized spacial score (nSPS) is 12.6. The third-order valence-electron chi connectivity index (χ3n) is 11.7. The lowest BCUT2D eigenvalue weighted by molar-refractivity contribution is -0.167. The Balaban J connectivity index is 4.11. The van der Waals surface area contributed by atoms with Gasteiger partial charge in [-0.05, 0) is 89.9 Å². The zero-order valence-electron chi connectivity index (χ0n) is 42.7. The topological polar surface area (TPSA) is 78.9 Å². The smallest absolute Gasteiger partial charge is 0.306 e. The van der Waals surface area contributed by atoms with E-state index in [9.17, 15) is 14.4 Å². The molecular formula is C59H102O6. The van der Waals surface area contributed by atoms with Crippen LogP contribution in [0.1, 0.15) is 265 Å². The summed E-state index contributed by atoms with van der Waals surface area (Å²) in [5.41, 5.74) is 0. The molecule has 1 atom stereocenters. The highest BCUT2D eigenvalue weighted by Crippen LogP contribution is 2.15. The summed E-state index contributed by atoms with van der Waals surface area (Å²) < 4.78 is 16.7. The number of unbranched alkanes of at least 4 members (excludes halogenated alkanes) is 26. The summed E-state index contributed by atoms with van der Waals surface area (Å²) in [6.07, 6.45) is 67.8. The van der Waals surface area contributed by atoms with Crippen LogP contribution in [-0.2, 0) is 28.6 Å². The number of carbonyl (C=O) groups excluding carboxylic acids is 3. The molecule has 0 bridgehead atoms. The van der Waals surface area contributed by atoms with Crippen molar-refractivity contribution in [1.82, 2.24) is 0 Å². The molecule has 0 N–H and O–H groups in total. The van der Waals surface area contributed by atoms with E-state index in [1.807, 2.05) is 0 Å². The number of allylic oxidation sites excluding steroid dienone is 12. The third-order valence-corrected chi connectivity index (χ3v) is 11.7. The van der Waals surface area contributed by atoms with Crippen LogP contribution >= 0.6 is 0 Å². The molecule has 6 heteroatoms. The Kier molecular flexibility index (Phi) is 50.9. The van der Waals surface area contributed by atoms with Crippen LogP contribution in [0, 0.1) is 0 Å². The van der Waals surface area contributed by atoms with Crippen molar-refractivity contribution in [1.29, 1.82) is 0 Å². The summed E-state index contributed by atoms with van der Waals surface area (Å²) in [5, 5.41) is 0. The monoisotopic (exact) mass is 907 g/mol. The first-order chi connectivity index (χ1) is 32.0. The van der Waals surface area contributed by atoms with Crippen molar-refractivity contribution in [2.24, 2.45) is 0 Å². The first-order valence-corrected chi connectivity index (χ1v) is 27.4. The lowest BCUT2D eigenvalue weighted by Crippen LogP contribution is -2.30. The highest BCUT2D eigenvalue weighted by molar-refractivity contribution is 5.71. The van der Waals surface area contributed by atoms with Gasteiger partial charge in [0.1, 0.15) is 13.2 Å². The number of hydrogen-bond acceptors (Lipinski definition) is 6. The number of carbonyl (C=O) groups is 3. The highest BCUT2D eigenvalue weighted by Gasteiger charge is 2.19. The molecule has 65 heavy (non-hydrogen) atoms. The van der Waals surface area contributed by atoms with Crippen molar-refractivity contribution < 1.29 is 28.6 Å². The molecule has 0 aromatic carbocycles. The summed E-state index contributed by atoms with van der Waals surface area (Å²) in [6, 6.07) is 0. The second-order valence-corrected chi connectivity index (χ2v) is 18.1. The van der Waals surface area contributed by atoms with E-state index >= 15 is 0 Å². The third kappa shape index (κ3) is 51.7. The van der Waals surface area contributed by atoms with Crippen LogP contribution in [0.3, 0.4) is 0 Å². The summed E-state index contributed by atoms with van der Waals surface area (Å²) in [7, 11) is 0. The quantitative estimate of drug-likeness (QED) is 0.0262. The van der Waals surface area contributed by atoms with Gasteiger partial charge in [-0.15, -0.1) is 0 Å². The Morgan fingerprint density at radius 3 is 0.954 bits per heavy atom.